The minimum atomic E-state index is 0.103. The summed E-state index contributed by atoms with van der Waals surface area (Å²) in [6.45, 7) is 2.08. The van der Waals surface area contributed by atoms with Crippen molar-refractivity contribution in [1.29, 1.82) is 0 Å². The predicted octanol–water partition coefficient (Wildman–Crippen LogP) is 4.17. The number of rotatable bonds is 2. The van der Waals surface area contributed by atoms with Gasteiger partial charge in [0.15, 0.2) is 0 Å². The SMILES string of the molecule is CC(N)c1cccc2ccn(C3CCCCC3)c12. The molecule has 0 spiro atoms. The Morgan fingerprint density at radius 3 is 2.67 bits per heavy atom. The van der Waals surface area contributed by atoms with E-state index in [0.29, 0.717) is 6.04 Å². The minimum absolute atomic E-state index is 0.103. The smallest absolute Gasteiger partial charge is 0.0531 e. The van der Waals surface area contributed by atoms with Gasteiger partial charge < -0.3 is 10.3 Å². The van der Waals surface area contributed by atoms with Crippen LogP contribution in [0, 0.1) is 0 Å². The molecule has 2 heteroatoms. The number of benzene rings is 1. The average molecular weight is 242 g/mol. The van der Waals surface area contributed by atoms with Gasteiger partial charge in [-0.15, -0.1) is 0 Å². The summed E-state index contributed by atoms with van der Waals surface area (Å²) in [5.74, 6) is 0. The quantitative estimate of drug-likeness (QED) is 0.842. The second-order valence-electron chi connectivity index (χ2n) is 5.59. The number of nitrogens with zero attached hydrogens (tertiary/aromatic N) is 1. The van der Waals surface area contributed by atoms with Gasteiger partial charge in [-0.25, -0.2) is 0 Å². The zero-order valence-corrected chi connectivity index (χ0v) is 11.1. The van der Waals surface area contributed by atoms with Crippen LogP contribution in [0.3, 0.4) is 0 Å². The second-order valence-corrected chi connectivity index (χ2v) is 5.59. The number of hydrogen-bond acceptors (Lipinski definition) is 1. The Hall–Kier alpha value is -1.28. The fourth-order valence-electron chi connectivity index (χ4n) is 3.28. The van der Waals surface area contributed by atoms with Gasteiger partial charge in [-0.1, -0.05) is 37.5 Å². The lowest BCUT2D eigenvalue weighted by molar-refractivity contribution is 0.360. The van der Waals surface area contributed by atoms with Crippen molar-refractivity contribution in [2.24, 2.45) is 5.73 Å². The van der Waals surface area contributed by atoms with Gasteiger partial charge in [0.05, 0.1) is 5.52 Å². The van der Waals surface area contributed by atoms with Gasteiger partial charge >= 0.3 is 0 Å². The molecule has 2 nitrogen and oxygen atoms in total. The number of para-hydroxylation sites is 1. The topological polar surface area (TPSA) is 30.9 Å². The molecule has 1 aliphatic carbocycles. The van der Waals surface area contributed by atoms with E-state index in [-0.39, 0.29) is 6.04 Å². The van der Waals surface area contributed by atoms with Crippen molar-refractivity contribution in [3.63, 3.8) is 0 Å². The highest BCUT2D eigenvalue weighted by Crippen LogP contribution is 2.33. The van der Waals surface area contributed by atoms with Crippen molar-refractivity contribution in [2.75, 3.05) is 0 Å². The fraction of sp³-hybridized carbons (Fsp3) is 0.500. The third-order valence-corrected chi connectivity index (χ3v) is 4.23. The van der Waals surface area contributed by atoms with Crippen molar-refractivity contribution >= 4 is 10.9 Å². The Balaban J connectivity index is 2.11. The summed E-state index contributed by atoms with van der Waals surface area (Å²) in [6.07, 6.45) is 9.02. The standard InChI is InChI=1S/C16H22N2/c1-12(17)15-9-5-6-13-10-11-18(16(13)15)14-7-3-2-4-8-14/h5-6,9-12,14H,2-4,7-8,17H2,1H3. The molecule has 1 saturated carbocycles. The maximum Gasteiger partial charge on any atom is 0.0531 e. The molecular weight excluding hydrogens is 220 g/mol. The molecule has 1 unspecified atom stereocenters. The first-order chi connectivity index (χ1) is 8.77. The number of fused-ring (bicyclic) bond motifs is 1. The first kappa shape index (κ1) is 11.8. The summed E-state index contributed by atoms with van der Waals surface area (Å²) in [6, 6.07) is 9.50. The van der Waals surface area contributed by atoms with Crippen LogP contribution < -0.4 is 5.73 Å². The molecule has 1 aromatic carbocycles. The molecule has 1 heterocycles. The van der Waals surface area contributed by atoms with E-state index in [9.17, 15) is 0 Å². The Morgan fingerprint density at radius 2 is 1.94 bits per heavy atom. The fourth-order valence-corrected chi connectivity index (χ4v) is 3.28. The van der Waals surface area contributed by atoms with Gasteiger partial charge in [-0.3, -0.25) is 0 Å². The van der Waals surface area contributed by atoms with Gasteiger partial charge in [0.25, 0.3) is 0 Å². The molecule has 18 heavy (non-hydrogen) atoms. The van der Waals surface area contributed by atoms with Crippen LogP contribution in [-0.4, -0.2) is 4.57 Å². The summed E-state index contributed by atoms with van der Waals surface area (Å²) in [4.78, 5) is 0. The van der Waals surface area contributed by atoms with E-state index < -0.39 is 0 Å². The van der Waals surface area contributed by atoms with Crippen LogP contribution in [-0.2, 0) is 0 Å². The Labute approximate surface area is 109 Å². The van der Waals surface area contributed by atoms with E-state index in [0.717, 1.165) is 0 Å². The molecule has 0 aliphatic heterocycles. The highest BCUT2D eigenvalue weighted by atomic mass is 15.0. The maximum atomic E-state index is 6.12. The second kappa shape index (κ2) is 4.77. The number of hydrogen-bond donors (Lipinski definition) is 1. The summed E-state index contributed by atoms with van der Waals surface area (Å²) >= 11 is 0. The van der Waals surface area contributed by atoms with Gasteiger partial charge in [-0.2, -0.15) is 0 Å². The van der Waals surface area contributed by atoms with Crippen LogP contribution >= 0.6 is 0 Å². The minimum Gasteiger partial charge on any atom is -0.344 e. The Morgan fingerprint density at radius 1 is 1.17 bits per heavy atom. The van der Waals surface area contributed by atoms with Crippen LogP contribution in [0.25, 0.3) is 10.9 Å². The molecule has 2 N–H and O–H groups in total. The van der Waals surface area contributed by atoms with E-state index in [1.165, 1.54) is 48.6 Å². The molecule has 1 fully saturated rings. The Kier molecular flexibility index (Phi) is 3.13. The molecule has 1 aromatic heterocycles. The molecule has 0 amide bonds. The Bertz CT molecular complexity index is 533. The van der Waals surface area contributed by atoms with Crippen molar-refractivity contribution in [1.82, 2.24) is 4.57 Å². The lowest BCUT2D eigenvalue weighted by Gasteiger charge is -2.25. The molecule has 96 valence electrons. The van der Waals surface area contributed by atoms with E-state index in [4.69, 9.17) is 5.73 Å². The van der Waals surface area contributed by atoms with Gasteiger partial charge in [-0.05, 0) is 36.8 Å². The van der Waals surface area contributed by atoms with Gasteiger partial charge in [0, 0.05) is 18.3 Å². The van der Waals surface area contributed by atoms with Crippen LogP contribution in [0.5, 0.6) is 0 Å². The van der Waals surface area contributed by atoms with Gasteiger partial charge in [0.1, 0.15) is 0 Å². The first-order valence-electron chi connectivity index (χ1n) is 7.12. The summed E-state index contributed by atoms with van der Waals surface area (Å²) in [7, 11) is 0. The van der Waals surface area contributed by atoms with E-state index in [1.807, 2.05) is 0 Å². The van der Waals surface area contributed by atoms with Crippen LogP contribution in [0.4, 0.5) is 0 Å². The van der Waals surface area contributed by atoms with Crippen molar-refractivity contribution < 1.29 is 0 Å². The first-order valence-corrected chi connectivity index (χ1v) is 7.12. The van der Waals surface area contributed by atoms with Crippen LogP contribution in [0.1, 0.15) is 56.7 Å². The molecule has 1 aliphatic rings. The summed E-state index contributed by atoms with van der Waals surface area (Å²) in [5, 5.41) is 1.33. The third kappa shape index (κ3) is 1.95. The predicted molar refractivity (Wildman–Crippen MR) is 76.7 cm³/mol. The van der Waals surface area contributed by atoms with Gasteiger partial charge in [0.2, 0.25) is 0 Å². The lowest BCUT2D eigenvalue weighted by Crippen LogP contribution is -2.14. The number of aromatic nitrogens is 1. The van der Waals surface area contributed by atoms with Crippen molar-refractivity contribution in [3.05, 3.63) is 36.0 Å². The molecule has 3 rings (SSSR count). The van der Waals surface area contributed by atoms with Crippen LogP contribution in [0.15, 0.2) is 30.5 Å². The average Bonchev–Trinajstić information content (AvgIpc) is 2.83. The highest BCUT2D eigenvalue weighted by molar-refractivity contribution is 5.84. The third-order valence-electron chi connectivity index (χ3n) is 4.23. The van der Waals surface area contributed by atoms with E-state index in [2.05, 4.69) is 42.0 Å². The van der Waals surface area contributed by atoms with E-state index >= 15 is 0 Å². The molecule has 1 atom stereocenters. The highest BCUT2D eigenvalue weighted by Gasteiger charge is 2.18. The molecule has 0 radical (unpaired) electrons. The van der Waals surface area contributed by atoms with E-state index in [1.54, 1.807) is 0 Å². The maximum absolute atomic E-state index is 6.12. The van der Waals surface area contributed by atoms with Crippen molar-refractivity contribution in [2.45, 2.75) is 51.1 Å². The zero-order chi connectivity index (χ0) is 12.5. The van der Waals surface area contributed by atoms with Crippen LogP contribution in [0.2, 0.25) is 0 Å². The molecular formula is C16H22N2. The summed E-state index contributed by atoms with van der Waals surface area (Å²) in [5.41, 5.74) is 8.77. The normalized spacial score (nSPS) is 19.2. The lowest BCUT2D eigenvalue weighted by atomic mass is 9.95. The largest absolute Gasteiger partial charge is 0.344 e. The number of nitrogens with two attached hydrogens (primary N) is 1. The zero-order valence-electron chi connectivity index (χ0n) is 11.1. The molecule has 2 aromatic rings. The molecule has 0 saturated heterocycles. The van der Waals surface area contributed by atoms with Crippen molar-refractivity contribution in [3.8, 4) is 0 Å². The summed E-state index contributed by atoms with van der Waals surface area (Å²) < 4.78 is 2.48. The molecule has 0 bridgehead atoms. The monoisotopic (exact) mass is 242 g/mol.